The maximum absolute atomic E-state index is 14.2. The molecule has 0 fully saturated rings. The number of aliphatic hydroxyl groups excluding tert-OH is 1. The van der Waals surface area contributed by atoms with Crippen molar-refractivity contribution in [2.24, 2.45) is 0 Å². The third-order valence-electron chi connectivity index (χ3n) is 5.21. The van der Waals surface area contributed by atoms with Crippen LogP contribution in [-0.4, -0.2) is 58.2 Å². The van der Waals surface area contributed by atoms with Crippen molar-refractivity contribution in [2.45, 2.75) is 32.3 Å². The highest BCUT2D eigenvalue weighted by atomic mass is 19.1. The number of pyridine rings is 1. The molecule has 1 unspecified atom stereocenters. The zero-order valence-corrected chi connectivity index (χ0v) is 17.8. The van der Waals surface area contributed by atoms with Gasteiger partial charge in [0.15, 0.2) is 11.5 Å². The Kier molecular flexibility index (Phi) is 7.69. The second-order valence-electron chi connectivity index (χ2n) is 7.78. The number of hydroxylamine groups is 1. The molecule has 2 atom stereocenters. The van der Waals surface area contributed by atoms with E-state index < -0.39 is 34.8 Å². The Bertz CT molecular complexity index is 1030. The first-order chi connectivity index (χ1) is 15.2. The fourth-order valence-electron chi connectivity index (χ4n) is 3.43. The van der Waals surface area contributed by atoms with Gasteiger partial charge in [-0.2, -0.15) is 5.48 Å². The maximum atomic E-state index is 14.2. The number of nitrogens with one attached hydrogen (secondary N) is 2. The molecule has 0 amide bonds. The van der Waals surface area contributed by atoms with Crippen LogP contribution in [0.1, 0.15) is 35.6 Å². The SMILES string of the molecule is C[C@H]1CONCn2cc(C(O)N(C)CC3=C(F)C=C(F)C=CC3)c(=O)c(O)c2C(=O)CN1. The molecular weight excluding hydrogens is 426 g/mol. The number of carbonyl (C=O) groups excluding carboxylic acids is 1. The predicted molar refractivity (Wildman–Crippen MR) is 112 cm³/mol. The van der Waals surface area contributed by atoms with Crippen molar-refractivity contribution in [3.05, 3.63) is 63.1 Å². The van der Waals surface area contributed by atoms with Gasteiger partial charge in [-0.15, -0.1) is 0 Å². The topological polar surface area (TPSA) is 116 Å². The number of Topliss-reactive ketones (excluding diaryl/α,β-unsaturated/α-hetero) is 1. The normalized spacial score (nSPS) is 21.2. The molecule has 2 aliphatic rings. The molecule has 1 aliphatic carbocycles. The summed E-state index contributed by atoms with van der Waals surface area (Å²) in [5, 5.41) is 24.2. The lowest BCUT2D eigenvalue weighted by atomic mass is 10.1. The van der Waals surface area contributed by atoms with E-state index in [1.54, 1.807) is 0 Å². The number of allylic oxidation sites excluding steroid dienone is 5. The summed E-state index contributed by atoms with van der Waals surface area (Å²) in [7, 11) is 1.45. The highest BCUT2D eigenvalue weighted by molar-refractivity contribution is 5.98. The zero-order chi connectivity index (χ0) is 23.4. The molecule has 3 rings (SSSR count). The van der Waals surface area contributed by atoms with Crippen LogP contribution in [-0.2, 0) is 11.5 Å². The molecule has 0 spiro atoms. The van der Waals surface area contributed by atoms with Crippen LogP contribution in [0.4, 0.5) is 8.78 Å². The highest BCUT2D eigenvalue weighted by Crippen LogP contribution is 2.24. The molecule has 32 heavy (non-hydrogen) atoms. The van der Waals surface area contributed by atoms with Crippen LogP contribution in [0.25, 0.3) is 0 Å². The average Bonchev–Trinajstić information content (AvgIpc) is 2.90. The Labute approximate surface area is 183 Å². The van der Waals surface area contributed by atoms with E-state index in [9.17, 15) is 28.6 Å². The third-order valence-corrected chi connectivity index (χ3v) is 5.21. The molecule has 174 valence electrons. The Balaban J connectivity index is 1.91. The summed E-state index contributed by atoms with van der Waals surface area (Å²) in [5.74, 6) is -2.79. The van der Waals surface area contributed by atoms with Gasteiger partial charge in [-0.25, -0.2) is 8.78 Å². The van der Waals surface area contributed by atoms with E-state index in [2.05, 4.69) is 10.8 Å². The average molecular weight is 452 g/mol. The van der Waals surface area contributed by atoms with Crippen LogP contribution in [0.5, 0.6) is 5.75 Å². The van der Waals surface area contributed by atoms with Crippen LogP contribution < -0.4 is 16.2 Å². The number of fused-ring (bicyclic) bond motifs is 1. The van der Waals surface area contributed by atoms with Crippen molar-refractivity contribution in [1.82, 2.24) is 20.3 Å². The molecule has 0 saturated carbocycles. The monoisotopic (exact) mass is 452 g/mol. The molecule has 1 aliphatic heterocycles. The number of aliphatic hydroxyl groups is 1. The summed E-state index contributed by atoms with van der Waals surface area (Å²) in [5.41, 5.74) is 1.49. The molecule has 0 aromatic carbocycles. The van der Waals surface area contributed by atoms with E-state index >= 15 is 0 Å². The summed E-state index contributed by atoms with van der Waals surface area (Å²) in [6, 6.07) is -0.140. The largest absolute Gasteiger partial charge is 0.503 e. The fraction of sp³-hybridized carbons (Fsp3) is 0.429. The minimum absolute atomic E-state index is 0.0697. The van der Waals surface area contributed by atoms with Crippen LogP contribution in [0.3, 0.4) is 0 Å². The first kappa shape index (κ1) is 24.0. The van der Waals surface area contributed by atoms with Crippen molar-refractivity contribution in [1.29, 1.82) is 0 Å². The van der Waals surface area contributed by atoms with Gasteiger partial charge in [-0.3, -0.25) is 19.3 Å². The number of nitrogens with zero attached hydrogens (tertiary/aromatic N) is 2. The van der Waals surface area contributed by atoms with E-state index in [1.165, 1.54) is 28.8 Å². The zero-order valence-electron chi connectivity index (χ0n) is 17.8. The standard InChI is InChI=1S/C21H26F2N4O5/c1-12-10-32-25-11-27-9-15(19(29)20(30)18(27)17(28)7-24-12)21(31)26(2)8-13-4-3-5-14(22)6-16(13)23/h3,5-6,9,12,21,24-25,30-31H,4,7-8,10-11H2,1-2H3/t12-,21?/m0/s1. The number of halogens is 2. The van der Waals surface area contributed by atoms with Gasteiger partial charge in [0.2, 0.25) is 5.43 Å². The molecule has 4 N–H and O–H groups in total. The van der Waals surface area contributed by atoms with Gasteiger partial charge in [-0.05, 0) is 32.0 Å². The lowest BCUT2D eigenvalue weighted by Crippen LogP contribution is -2.40. The highest BCUT2D eigenvalue weighted by Gasteiger charge is 2.27. The Hall–Kier alpha value is -2.70. The second-order valence-corrected chi connectivity index (χ2v) is 7.78. The number of hydrogen-bond donors (Lipinski definition) is 4. The summed E-state index contributed by atoms with van der Waals surface area (Å²) in [6.07, 6.45) is 3.20. The van der Waals surface area contributed by atoms with Gasteiger partial charge in [-0.1, -0.05) is 6.08 Å². The van der Waals surface area contributed by atoms with E-state index in [0.29, 0.717) is 0 Å². The lowest BCUT2D eigenvalue weighted by Gasteiger charge is -2.26. The summed E-state index contributed by atoms with van der Waals surface area (Å²) < 4.78 is 28.9. The number of rotatable bonds is 4. The maximum Gasteiger partial charge on any atom is 0.231 e. The lowest BCUT2D eigenvalue weighted by molar-refractivity contribution is 0.00920. The molecule has 0 bridgehead atoms. The molecule has 0 radical (unpaired) electrons. The van der Waals surface area contributed by atoms with Crippen molar-refractivity contribution in [3.8, 4) is 5.75 Å². The van der Waals surface area contributed by atoms with Gasteiger partial charge in [0.1, 0.15) is 23.6 Å². The predicted octanol–water partition coefficient (Wildman–Crippen LogP) is 1.17. The van der Waals surface area contributed by atoms with E-state index in [4.69, 9.17) is 4.84 Å². The number of aromatic nitrogens is 1. The van der Waals surface area contributed by atoms with Crippen LogP contribution in [0.2, 0.25) is 0 Å². The number of hydrogen-bond acceptors (Lipinski definition) is 8. The summed E-state index contributed by atoms with van der Waals surface area (Å²) >= 11 is 0. The van der Waals surface area contributed by atoms with Crippen LogP contribution in [0.15, 0.2) is 46.4 Å². The van der Waals surface area contributed by atoms with Crippen molar-refractivity contribution >= 4 is 5.78 Å². The number of likely N-dealkylation sites (N-methyl/N-ethyl adjacent to an activating group) is 1. The van der Waals surface area contributed by atoms with Gasteiger partial charge in [0.05, 0.1) is 25.4 Å². The van der Waals surface area contributed by atoms with Gasteiger partial charge >= 0.3 is 0 Å². The third kappa shape index (κ3) is 5.37. The van der Waals surface area contributed by atoms with Gasteiger partial charge in [0.25, 0.3) is 0 Å². The Morgan fingerprint density at radius 3 is 2.88 bits per heavy atom. The molecule has 0 saturated heterocycles. The van der Waals surface area contributed by atoms with Crippen molar-refractivity contribution < 1.29 is 28.6 Å². The van der Waals surface area contributed by atoms with E-state index in [0.717, 1.165) is 12.2 Å². The second kappa shape index (κ2) is 10.3. The Morgan fingerprint density at radius 1 is 1.38 bits per heavy atom. The van der Waals surface area contributed by atoms with E-state index in [-0.39, 0.29) is 55.7 Å². The first-order valence-corrected chi connectivity index (χ1v) is 10.1. The Morgan fingerprint density at radius 2 is 2.12 bits per heavy atom. The molecule has 1 aromatic rings. The minimum Gasteiger partial charge on any atom is -0.503 e. The number of aromatic hydroxyl groups is 1. The van der Waals surface area contributed by atoms with Gasteiger partial charge in [0, 0.05) is 24.9 Å². The molecular formula is C21H26F2N4O5. The summed E-state index contributed by atoms with van der Waals surface area (Å²) in [6.45, 7) is 1.79. The summed E-state index contributed by atoms with van der Waals surface area (Å²) in [4.78, 5) is 31.9. The first-order valence-electron chi connectivity index (χ1n) is 10.1. The number of ketones is 1. The molecule has 9 nitrogen and oxygen atoms in total. The molecule has 11 heteroatoms. The van der Waals surface area contributed by atoms with E-state index in [1.807, 2.05) is 6.92 Å². The van der Waals surface area contributed by atoms with Crippen molar-refractivity contribution in [3.63, 3.8) is 0 Å². The van der Waals surface area contributed by atoms with Crippen molar-refractivity contribution in [2.75, 3.05) is 26.7 Å². The fourth-order valence-corrected chi connectivity index (χ4v) is 3.43. The minimum atomic E-state index is -1.53. The quantitative estimate of drug-likeness (QED) is 0.503. The molecule has 2 heterocycles. The smallest absolute Gasteiger partial charge is 0.231 e. The number of carbonyl (C=O) groups is 1. The van der Waals surface area contributed by atoms with Crippen LogP contribution >= 0.6 is 0 Å². The van der Waals surface area contributed by atoms with Gasteiger partial charge < -0.3 is 20.1 Å². The van der Waals surface area contributed by atoms with Crippen LogP contribution in [0, 0.1) is 0 Å². The molecule has 1 aromatic heterocycles.